The van der Waals surface area contributed by atoms with Gasteiger partial charge in [-0.2, -0.15) is 0 Å². The lowest BCUT2D eigenvalue weighted by atomic mass is 10.1. The van der Waals surface area contributed by atoms with Crippen molar-refractivity contribution in [2.45, 2.75) is 136 Å². The quantitative estimate of drug-likeness (QED) is 0.299. The lowest BCUT2D eigenvalue weighted by Gasteiger charge is -2.44. The van der Waals surface area contributed by atoms with E-state index in [1.165, 1.54) is 12.3 Å². The van der Waals surface area contributed by atoms with E-state index in [9.17, 15) is 0 Å². The van der Waals surface area contributed by atoms with Crippen LogP contribution in [0.25, 0.3) is 0 Å². The van der Waals surface area contributed by atoms with Crippen LogP contribution in [0.5, 0.6) is 0 Å². The van der Waals surface area contributed by atoms with E-state index in [2.05, 4.69) is 121 Å². The van der Waals surface area contributed by atoms with Gasteiger partial charge in [-0.15, -0.1) is 0 Å². The summed E-state index contributed by atoms with van der Waals surface area (Å²) in [5, 5.41) is 3.06. The first kappa shape index (κ1) is 28.3. The van der Waals surface area contributed by atoms with Crippen LogP contribution in [0.15, 0.2) is 18.2 Å². The molecule has 0 atom stereocenters. The minimum atomic E-state index is -1.33. The first-order valence-corrected chi connectivity index (χ1v) is 18.3. The molecule has 0 saturated heterocycles. The maximum atomic E-state index is 2.63. The van der Waals surface area contributed by atoms with Crippen molar-refractivity contribution in [2.24, 2.45) is 0 Å². The molecule has 0 aliphatic carbocycles. The number of hydrogen-bond donors (Lipinski definition) is 0. The van der Waals surface area contributed by atoms with Gasteiger partial charge in [0.15, 0.2) is 0 Å². The van der Waals surface area contributed by atoms with Gasteiger partial charge in [-0.1, -0.05) is 142 Å². The SMILES string of the molecule is CC(C)(C)P(Cc1ccc([Si](C)(C)C)cc1CP(C(C)(C)C)C(C)(C)C)C(C)(C)C. The molecule has 0 aliphatic heterocycles. The van der Waals surface area contributed by atoms with Crippen molar-refractivity contribution in [2.75, 3.05) is 0 Å². The molecule has 0 radical (unpaired) electrons. The van der Waals surface area contributed by atoms with E-state index in [-0.39, 0.29) is 15.8 Å². The molecule has 3 heteroatoms. The van der Waals surface area contributed by atoms with Gasteiger partial charge < -0.3 is 0 Å². The van der Waals surface area contributed by atoms with E-state index >= 15 is 0 Å². The molecule has 1 aromatic rings. The van der Waals surface area contributed by atoms with Crippen molar-refractivity contribution >= 4 is 29.1 Å². The summed E-state index contributed by atoms with van der Waals surface area (Å²) in [5.74, 6) is 0. The van der Waals surface area contributed by atoms with Gasteiger partial charge in [0, 0.05) is 0 Å². The molecular weight excluding hydrogens is 414 g/mol. The zero-order valence-electron chi connectivity index (χ0n) is 23.0. The molecule has 0 saturated carbocycles. The Morgan fingerprint density at radius 3 is 1.20 bits per heavy atom. The van der Waals surface area contributed by atoms with Gasteiger partial charge in [0.05, 0.1) is 8.07 Å². The molecule has 0 bridgehead atoms. The third-order valence-electron chi connectivity index (χ3n) is 5.97. The average molecular weight is 467 g/mol. The Labute approximate surface area is 193 Å². The van der Waals surface area contributed by atoms with Crippen LogP contribution in [-0.4, -0.2) is 28.7 Å². The van der Waals surface area contributed by atoms with Crippen LogP contribution in [0.3, 0.4) is 0 Å². The van der Waals surface area contributed by atoms with Crippen molar-refractivity contribution in [3.05, 3.63) is 29.3 Å². The summed E-state index contributed by atoms with van der Waals surface area (Å²) < 4.78 is 0. The monoisotopic (exact) mass is 466 g/mol. The zero-order chi connectivity index (χ0) is 23.9. The fourth-order valence-electron chi connectivity index (χ4n) is 4.70. The smallest absolute Gasteiger partial charge is 0.0776 e. The topological polar surface area (TPSA) is 0 Å². The summed E-state index contributed by atoms with van der Waals surface area (Å²) in [4.78, 5) is 0. The molecule has 1 rings (SSSR count). The van der Waals surface area contributed by atoms with E-state index in [1.807, 2.05) is 0 Å². The Morgan fingerprint density at radius 1 is 0.567 bits per heavy atom. The standard InChI is InChI=1S/C27H52P2Si/c1-24(2,3)28(25(4,5)6)19-21-16-17-23(30(13,14)15)18-22(21)20-29(26(7,8)9)27(10,11)12/h16-18H,19-20H2,1-15H3. The van der Waals surface area contributed by atoms with Gasteiger partial charge in [0.25, 0.3) is 0 Å². The van der Waals surface area contributed by atoms with Crippen LogP contribution in [0, 0.1) is 0 Å². The average Bonchev–Trinajstić information content (AvgIpc) is 2.45. The molecule has 0 aromatic heterocycles. The summed E-state index contributed by atoms with van der Waals surface area (Å²) in [6.45, 7) is 37.0. The minimum absolute atomic E-state index is 0.136. The third-order valence-corrected chi connectivity index (χ3v) is 15.8. The molecular formula is C27H52P2Si. The molecule has 0 fully saturated rings. The molecule has 0 unspecified atom stereocenters. The Bertz CT molecular complexity index is 673. The van der Waals surface area contributed by atoms with Crippen molar-refractivity contribution in [3.63, 3.8) is 0 Å². The van der Waals surface area contributed by atoms with Crippen LogP contribution in [-0.2, 0) is 12.3 Å². The summed E-state index contributed by atoms with van der Waals surface area (Å²) in [5.41, 5.74) is 3.29. The second-order valence-corrected chi connectivity index (χ2v) is 26.9. The molecule has 1 aromatic carbocycles. The lowest BCUT2D eigenvalue weighted by molar-refractivity contribution is 0.699. The maximum Gasteiger partial charge on any atom is 0.0776 e. The first-order chi connectivity index (χ1) is 13.0. The molecule has 30 heavy (non-hydrogen) atoms. The Hall–Kier alpha value is 0.297. The normalized spacial score (nSPS) is 14.7. The van der Waals surface area contributed by atoms with E-state index < -0.39 is 8.07 Å². The minimum Gasteiger partial charge on any atom is -0.0911 e. The van der Waals surface area contributed by atoms with Crippen molar-refractivity contribution in [1.82, 2.24) is 0 Å². The van der Waals surface area contributed by atoms with Crippen LogP contribution in [0.2, 0.25) is 19.6 Å². The fourth-order valence-corrected chi connectivity index (χ4v) is 13.1. The highest BCUT2D eigenvalue weighted by Crippen LogP contribution is 2.64. The van der Waals surface area contributed by atoms with Gasteiger partial charge in [-0.05, 0) is 44.1 Å². The lowest BCUT2D eigenvalue weighted by Crippen LogP contribution is -2.38. The number of benzene rings is 1. The maximum absolute atomic E-state index is 2.63. The summed E-state index contributed by atoms with van der Waals surface area (Å²) in [7, 11) is -1.61. The Kier molecular flexibility index (Phi) is 8.76. The van der Waals surface area contributed by atoms with Crippen LogP contribution >= 0.6 is 15.8 Å². The van der Waals surface area contributed by atoms with Crippen LogP contribution < -0.4 is 5.19 Å². The first-order valence-electron chi connectivity index (χ1n) is 11.7. The molecule has 174 valence electrons. The molecule has 0 nitrogen and oxygen atoms in total. The highest BCUT2D eigenvalue weighted by Gasteiger charge is 2.37. The summed E-state index contributed by atoms with van der Waals surface area (Å²) in [6.07, 6.45) is 2.51. The second kappa shape index (κ2) is 9.27. The van der Waals surface area contributed by atoms with Gasteiger partial charge >= 0.3 is 0 Å². The molecule has 0 N–H and O–H groups in total. The van der Waals surface area contributed by atoms with E-state index in [0.29, 0.717) is 20.6 Å². The molecule has 0 heterocycles. The fraction of sp³-hybridized carbons (Fsp3) is 0.778. The zero-order valence-corrected chi connectivity index (χ0v) is 25.8. The second-order valence-electron chi connectivity index (χ2n) is 14.1. The van der Waals surface area contributed by atoms with Crippen molar-refractivity contribution in [1.29, 1.82) is 0 Å². The van der Waals surface area contributed by atoms with Gasteiger partial charge in [0.1, 0.15) is 0 Å². The van der Waals surface area contributed by atoms with E-state index in [1.54, 1.807) is 16.3 Å². The van der Waals surface area contributed by atoms with Crippen molar-refractivity contribution < 1.29 is 0 Å². The van der Waals surface area contributed by atoms with Crippen molar-refractivity contribution in [3.8, 4) is 0 Å². The number of rotatable bonds is 5. The summed E-state index contributed by atoms with van der Waals surface area (Å²) in [6, 6.07) is 7.63. The van der Waals surface area contributed by atoms with Crippen LogP contribution in [0.4, 0.5) is 0 Å². The molecule has 0 spiro atoms. The predicted molar refractivity (Wildman–Crippen MR) is 150 cm³/mol. The molecule has 0 aliphatic rings. The van der Waals surface area contributed by atoms with Gasteiger partial charge in [-0.25, -0.2) is 0 Å². The molecule has 0 amide bonds. The predicted octanol–water partition coefficient (Wildman–Crippen LogP) is 9.39. The van der Waals surface area contributed by atoms with Gasteiger partial charge in [0.2, 0.25) is 0 Å². The Morgan fingerprint density at radius 2 is 0.900 bits per heavy atom. The largest absolute Gasteiger partial charge is 0.0911 e. The third kappa shape index (κ3) is 8.01. The highest BCUT2D eigenvalue weighted by molar-refractivity contribution is 7.60. The number of hydrogen-bond acceptors (Lipinski definition) is 0. The summed E-state index contributed by atoms with van der Waals surface area (Å²) >= 11 is 0. The van der Waals surface area contributed by atoms with E-state index in [0.717, 1.165) is 0 Å². The van der Waals surface area contributed by atoms with Gasteiger partial charge in [-0.3, -0.25) is 0 Å². The highest BCUT2D eigenvalue weighted by atomic mass is 31.1. The van der Waals surface area contributed by atoms with E-state index in [4.69, 9.17) is 0 Å². The van der Waals surface area contributed by atoms with Crippen LogP contribution in [0.1, 0.15) is 94.2 Å². The Balaban J connectivity index is 3.58.